The van der Waals surface area contributed by atoms with Crippen LogP contribution in [-0.2, 0) is 4.79 Å². The third-order valence-corrected chi connectivity index (χ3v) is 4.73. The van der Waals surface area contributed by atoms with Crippen LogP contribution in [0.4, 0.5) is 4.39 Å². The highest BCUT2D eigenvalue weighted by Crippen LogP contribution is 2.13. The molecule has 1 aliphatic rings. The maximum Gasteiger partial charge on any atom is 0.253 e. The first-order valence-electron chi connectivity index (χ1n) is 8.53. The fourth-order valence-electron chi connectivity index (χ4n) is 2.82. The molecule has 5 nitrogen and oxygen atoms in total. The Balaban J connectivity index is 0.00000312. The summed E-state index contributed by atoms with van der Waals surface area (Å²) in [7, 11) is 0. The second kappa shape index (κ2) is 9.73. The van der Waals surface area contributed by atoms with Gasteiger partial charge in [-0.2, -0.15) is 0 Å². The van der Waals surface area contributed by atoms with Crippen molar-refractivity contribution in [2.45, 2.75) is 32.7 Å². The normalized spacial score (nSPS) is 17.3. The monoisotopic (exact) mass is 371 g/mol. The highest BCUT2D eigenvalue weighted by atomic mass is 35.5. The third-order valence-electron chi connectivity index (χ3n) is 4.73. The number of halogens is 2. The van der Waals surface area contributed by atoms with Gasteiger partial charge < -0.3 is 15.5 Å². The van der Waals surface area contributed by atoms with Crippen molar-refractivity contribution < 1.29 is 14.0 Å². The molecular weight excluding hydrogens is 345 g/mol. The van der Waals surface area contributed by atoms with Crippen molar-refractivity contribution in [3.05, 3.63) is 35.6 Å². The maximum absolute atomic E-state index is 13.0. The predicted molar refractivity (Wildman–Crippen MR) is 98.2 cm³/mol. The molecule has 2 rings (SSSR count). The van der Waals surface area contributed by atoms with Crippen LogP contribution in [0.25, 0.3) is 0 Å². The van der Waals surface area contributed by atoms with Gasteiger partial charge in [-0.3, -0.25) is 9.59 Å². The van der Waals surface area contributed by atoms with Crippen LogP contribution < -0.4 is 5.73 Å². The van der Waals surface area contributed by atoms with Gasteiger partial charge in [-0.1, -0.05) is 20.3 Å². The summed E-state index contributed by atoms with van der Waals surface area (Å²) in [6.45, 7) is 6.13. The van der Waals surface area contributed by atoms with Crippen LogP contribution in [0, 0.1) is 11.7 Å². The molecule has 0 bridgehead atoms. The van der Waals surface area contributed by atoms with E-state index < -0.39 is 6.04 Å². The summed E-state index contributed by atoms with van der Waals surface area (Å²) in [4.78, 5) is 28.5. The molecule has 2 unspecified atom stereocenters. The van der Waals surface area contributed by atoms with E-state index in [1.807, 2.05) is 13.8 Å². The topological polar surface area (TPSA) is 66.6 Å². The smallest absolute Gasteiger partial charge is 0.253 e. The van der Waals surface area contributed by atoms with Crippen LogP contribution >= 0.6 is 12.4 Å². The van der Waals surface area contributed by atoms with Gasteiger partial charge in [0.1, 0.15) is 5.82 Å². The molecule has 0 spiro atoms. The summed E-state index contributed by atoms with van der Waals surface area (Å²) in [6, 6.07) is 5.06. The van der Waals surface area contributed by atoms with Crippen molar-refractivity contribution in [3.8, 4) is 0 Å². The SMILES string of the molecule is CCC(C)C(N)C(=O)N1CCCN(C(=O)c2ccc(F)cc2)CC1.Cl. The summed E-state index contributed by atoms with van der Waals surface area (Å²) in [5, 5.41) is 0. The van der Waals surface area contributed by atoms with Crippen molar-refractivity contribution in [2.24, 2.45) is 11.7 Å². The minimum atomic E-state index is -0.491. The van der Waals surface area contributed by atoms with Crippen LogP contribution in [0.5, 0.6) is 0 Å². The molecule has 25 heavy (non-hydrogen) atoms. The van der Waals surface area contributed by atoms with E-state index in [1.54, 1.807) is 9.80 Å². The summed E-state index contributed by atoms with van der Waals surface area (Å²) in [6.07, 6.45) is 1.57. The number of carbonyl (C=O) groups is 2. The molecule has 2 atom stereocenters. The lowest BCUT2D eigenvalue weighted by atomic mass is 9.99. The lowest BCUT2D eigenvalue weighted by Gasteiger charge is -2.27. The Morgan fingerprint density at radius 2 is 1.68 bits per heavy atom. The number of amides is 2. The molecule has 1 aliphatic heterocycles. The Bertz CT molecular complexity index is 582. The fourth-order valence-corrected chi connectivity index (χ4v) is 2.82. The number of nitrogens with zero attached hydrogens (tertiary/aromatic N) is 2. The summed E-state index contributed by atoms with van der Waals surface area (Å²) >= 11 is 0. The Morgan fingerprint density at radius 3 is 2.28 bits per heavy atom. The zero-order chi connectivity index (χ0) is 17.7. The average molecular weight is 372 g/mol. The number of benzene rings is 1. The van der Waals surface area contributed by atoms with E-state index in [9.17, 15) is 14.0 Å². The third kappa shape index (κ3) is 5.41. The minimum Gasteiger partial charge on any atom is -0.339 e. The van der Waals surface area contributed by atoms with Crippen LogP contribution in [0.3, 0.4) is 0 Å². The minimum absolute atomic E-state index is 0. The lowest BCUT2D eigenvalue weighted by molar-refractivity contribution is -0.133. The molecule has 1 aromatic rings. The molecule has 0 saturated carbocycles. The predicted octanol–water partition coefficient (Wildman–Crippen LogP) is 2.30. The van der Waals surface area contributed by atoms with Crippen LogP contribution in [-0.4, -0.2) is 53.8 Å². The molecule has 2 amide bonds. The molecular formula is C18H27ClFN3O2. The van der Waals surface area contributed by atoms with E-state index in [4.69, 9.17) is 5.73 Å². The first-order chi connectivity index (χ1) is 11.4. The van der Waals surface area contributed by atoms with Gasteiger partial charge >= 0.3 is 0 Å². The lowest BCUT2D eigenvalue weighted by Crippen LogP contribution is -2.48. The molecule has 1 heterocycles. The van der Waals surface area contributed by atoms with Gasteiger partial charge in [0, 0.05) is 31.7 Å². The maximum atomic E-state index is 13.0. The molecule has 0 radical (unpaired) electrons. The van der Waals surface area contributed by atoms with E-state index in [1.165, 1.54) is 24.3 Å². The van der Waals surface area contributed by atoms with Gasteiger partial charge in [0.25, 0.3) is 5.91 Å². The fraction of sp³-hybridized carbons (Fsp3) is 0.556. The second-order valence-corrected chi connectivity index (χ2v) is 6.39. The van der Waals surface area contributed by atoms with Crippen molar-refractivity contribution in [3.63, 3.8) is 0 Å². The number of hydrogen-bond acceptors (Lipinski definition) is 3. The van der Waals surface area contributed by atoms with Gasteiger partial charge in [0.2, 0.25) is 5.91 Å². The van der Waals surface area contributed by atoms with Gasteiger partial charge in [-0.25, -0.2) is 4.39 Å². The summed E-state index contributed by atoms with van der Waals surface area (Å²) in [5.41, 5.74) is 6.51. The molecule has 1 aromatic carbocycles. The number of rotatable bonds is 4. The average Bonchev–Trinajstić information content (AvgIpc) is 2.86. The summed E-state index contributed by atoms with van der Waals surface area (Å²) < 4.78 is 13.0. The molecule has 2 N–H and O–H groups in total. The molecule has 1 fully saturated rings. The van der Waals surface area contributed by atoms with Gasteiger partial charge in [-0.15, -0.1) is 12.4 Å². The van der Waals surface area contributed by atoms with Crippen LogP contribution in [0.2, 0.25) is 0 Å². The van der Waals surface area contributed by atoms with E-state index in [0.717, 1.165) is 6.42 Å². The molecule has 7 heteroatoms. The van der Waals surface area contributed by atoms with Gasteiger partial charge in [0.15, 0.2) is 0 Å². The highest BCUT2D eigenvalue weighted by Gasteiger charge is 2.28. The van der Waals surface area contributed by atoms with Crippen LogP contribution in [0.15, 0.2) is 24.3 Å². The van der Waals surface area contributed by atoms with E-state index in [2.05, 4.69) is 0 Å². The van der Waals surface area contributed by atoms with Crippen molar-refractivity contribution >= 4 is 24.2 Å². The molecule has 0 aromatic heterocycles. The first kappa shape index (κ1) is 21.4. The molecule has 140 valence electrons. The second-order valence-electron chi connectivity index (χ2n) is 6.39. The zero-order valence-electron chi connectivity index (χ0n) is 14.8. The first-order valence-corrected chi connectivity index (χ1v) is 8.53. The van der Waals surface area contributed by atoms with Gasteiger partial charge in [0.05, 0.1) is 6.04 Å². The van der Waals surface area contributed by atoms with Crippen LogP contribution in [0.1, 0.15) is 37.0 Å². The Labute approximate surface area is 154 Å². The summed E-state index contributed by atoms with van der Waals surface area (Å²) in [5.74, 6) is -0.396. The van der Waals surface area contributed by atoms with E-state index in [0.29, 0.717) is 38.2 Å². The standard InChI is InChI=1S/C18H26FN3O2.ClH/c1-3-13(2)16(20)18(24)22-10-4-9-21(11-12-22)17(23)14-5-7-15(19)8-6-14;/h5-8,13,16H,3-4,9-12,20H2,1-2H3;1H. The van der Waals surface area contributed by atoms with Crippen molar-refractivity contribution in [1.82, 2.24) is 9.80 Å². The largest absolute Gasteiger partial charge is 0.339 e. The van der Waals surface area contributed by atoms with E-state index in [-0.39, 0.29) is 36.0 Å². The Hall–Kier alpha value is -1.66. The molecule has 1 saturated heterocycles. The number of hydrogen-bond donors (Lipinski definition) is 1. The van der Waals surface area contributed by atoms with Crippen molar-refractivity contribution in [2.75, 3.05) is 26.2 Å². The Morgan fingerprint density at radius 1 is 1.12 bits per heavy atom. The van der Waals surface area contributed by atoms with Gasteiger partial charge in [-0.05, 0) is 36.6 Å². The number of carbonyl (C=O) groups excluding carboxylic acids is 2. The zero-order valence-corrected chi connectivity index (χ0v) is 15.6. The number of nitrogens with two attached hydrogens (primary N) is 1. The van der Waals surface area contributed by atoms with E-state index >= 15 is 0 Å². The Kier molecular flexibility index (Phi) is 8.32. The molecule has 0 aliphatic carbocycles. The quantitative estimate of drug-likeness (QED) is 0.883. The van der Waals surface area contributed by atoms with Crippen molar-refractivity contribution in [1.29, 1.82) is 0 Å². The highest BCUT2D eigenvalue weighted by molar-refractivity contribution is 5.94.